The summed E-state index contributed by atoms with van der Waals surface area (Å²) in [7, 11) is -2.67. The normalized spacial score (nSPS) is 14.6. The molecular formula is C16H22N3O8P. The van der Waals surface area contributed by atoms with E-state index in [-0.39, 0.29) is 0 Å². The van der Waals surface area contributed by atoms with Crippen LogP contribution in [0, 0.1) is 25.6 Å². The largest absolute Gasteiger partial charge is 0.354 e. The van der Waals surface area contributed by atoms with Crippen LogP contribution in [0.5, 0.6) is 0 Å². The van der Waals surface area contributed by atoms with E-state index >= 15 is 0 Å². The number of hydroxylamine groups is 1. The van der Waals surface area contributed by atoms with Gasteiger partial charge in [-0.3, -0.25) is 29.6 Å². The van der Waals surface area contributed by atoms with E-state index < -0.39 is 51.4 Å². The van der Waals surface area contributed by atoms with Crippen LogP contribution in [-0.2, 0) is 13.7 Å². The van der Waals surface area contributed by atoms with E-state index in [0.29, 0.717) is 6.42 Å². The Bertz CT molecular complexity index is 807. The third-order valence-electron chi connectivity index (χ3n) is 4.38. The average molecular weight is 415 g/mol. The van der Waals surface area contributed by atoms with Crippen molar-refractivity contribution in [3.63, 3.8) is 0 Å². The second-order valence-electron chi connectivity index (χ2n) is 6.65. The van der Waals surface area contributed by atoms with E-state index in [1.165, 1.54) is 0 Å². The molecule has 0 aliphatic rings. The van der Waals surface area contributed by atoms with Crippen molar-refractivity contribution in [1.82, 2.24) is 5.48 Å². The smallest absolute Gasteiger partial charge is 0.311 e. The Labute approximate surface area is 161 Å². The molecule has 0 fully saturated rings. The molecule has 0 saturated carbocycles. The highest BCUT2D eigenvalue weighted by atomic mass is 31.2. The number of amides is 1. The third-order valence-corrected chi connectivity index (χ3v) is 6.88. The summed E-state index contributed by atoms with van der Waals surface area (Å²) < 4.78 is 23.0. The van der Waals surface area contributed by atoms with Crippen molar-refractivity contribution in [2.24, 2.45) is 5.41 Å². The lowest BCUT2D eigenvalue weighted by Gasteiger charge is -2.34. The number of carbonyl (C=O) groups is 1. The van der Waals surface area contributed by atoms with Gasteiger partial charge in [-0.25, -0.2) is 5.48 Å². The van der Waals surface area contributed by atoms with Crippen LogP contribution in [0.15, 0.2) is 30.9 Å². The first-order valence-electron chi connectivity index (χ1n) is 8.07. The molecule has 154 valence electrons. The van der Waals surface area contributed by atoms with Gasteiger partial charge < -0.3 is 4.52 Å². The van der Waals surface area contributed by atoms with E-state index in [9.17, 15) is 29.6 Å². The van der Waals surface area contributed by atoms with Crippen LogP contribution in [0.2, 0.25) is 0 Å². The fourth-order valence-electron chi connectivity index (χ4n) is 2.35. The highest BCUT2D eigenvalue weighted by Gasteiger charge is 2.42. The average Bonchev–Trinajstić information content (AvgIpc) is 2.64. The summed E-state index contributed by atoms with van der Waals surface area (Å²) in [4.78, 5) is 32.4. The summed E-state index contributed by atoms with van der Waals surface area (Å²) in [6, 6.07) is 2.40. The maximum Gasteiger partial charge on any atom is 0.354 e. The number of hydrogen-bond acceptors (Lipinski definition) is 8. The first kappa shape index (κ1) is 23.4. The highest BCUT2D eigenvalue weighted by molar-refractivity contribution is 7.54. The first-order valence-corrected chi connectivity index (χ1v) is 9.68. The fourth-order valence-corrected chi connectivity index (χ4v) is 4.07. The molecule has 2 atom stereocenters. The Balaban J connectivity index is 3.10. The highest BCUT2D eigenvalue weighted by Crippen LogP contribution is 2.58. The summed E-state index contributed by atoms with van der Waals surface area (Å²) in [6.45, 7) is 8.91. The molecule has 2 unspecified atom stereocenters. The van der Waals surface area contributed by atoms with Gasteiger partial charge in [0, 0.05) is 19.2 Å². The van der Waals surface area contributed by atoms with Crippen LogP contribution in [0.3, 0.4) is 0 Å². The van der Waals surface area contributed by atoms with Crippen LogP contribution < -0.4 is 5.48 Å². The van der Waals surface area contributed by atoms with E-state index in [2.05, 4.69) is 6.58 Å². The number of rotatable bonds is 10. The van der Waals surface area contributed by atoms with Crippen molar-refractivity contribution in [1.29, 1.82) is 0 Å². The SMILES string of the molecule is C=CCC(C)(C)C(C)P(=O)(OC)ONC(=O)c1cc([N+](=O)[O-])cc([N+](=O)[O-])c1. The second kappa shape index (κ2) is 9.05. The Morgan fingerprint density at radius 3 is 2.18 bits per heavy atom. The maximum atomic E-state index is 13.0. The molecule has 0 aliphatic carbocycles. The summed E-state index contributed by atoms with van der Waals surface area (Å²) in [5.41, 5.74) is -0.959. The maximum absolute atomic E-state index is 13.0. The summed E-state index contributed by atoms with van der Waals surface area (Å²) in [5, 5.41) is 21.8. The standard InChI is InChI=1S/C16H22N3O8P/c1-6-7-16(3,4)11(2)28(25,26-5)27-17-15(20)12-8-13(18(21)22)10-14(9-12)19(23)24/h6,8-11H,1,7H2,2-5H3,(H,17,20). The molecule has 0 aliphatic heterocycles. The topological polar surface area (TPSA) is 151 Å². The van der Waals surface area contributed by atoms with Gasteiger partial charge in [-0.1, -0.05) is 26.8 Å². The van der Waals surface area contributed by atoms with Gasteiger partial charge in [-0.15, -0.1) is 6.58 Å². The molecule has 1 rings (SSSR count). The number of allylic oxidation sites excluding steroid dienone is 1. The predicted molar refractivity (Wildman–Crippen MR) is 101 cm³/mol. The van der Waals surface area contributed by atoms with Gasteiger partial charge >= 0.3 is 7.60 Å². The van der Waals surface area contributed by atoms with Gasteiger partial charge in [0.05, 0.1) is 27.1 Å². The fraction of sp³-hybridized carbons (Fsp3) is 0.438. The second-order valence-corrected chi connectivity index (χ2v) is 9.06. The number of nitrogens with zero attached hydrogens (tertiary/aromatic N) is 2. The molecule has 1 N–H and O–H groups in total. The minimum atomic E-state index is -3.83. The monoisotopic (exact) mass is 415 g/mol. The molecule has 0 spiro atoms. The molecule has 0 aromatic heterocycles. The summed E-state index contributed by atoms with van der Waals surface area (Å²) in [5.74, 6) is -1.04. The molecule has 0 bridgehead atoms. The first-order chi connectivity index (χ1) is 12.9. The molecule has 1 aromatic carbocycles. The number of hydrogen-bond donors (Lipinski definition) is 1. The van der Waals surface area contributed by atoms with Gasteiger partial charge in [0.25, 0.3) is 17.3 Å². The predicted octanol–water partition coefficient (Wildman–Crippen LogP) is 3.99. The van der Waals surface area contributed by atoms with Gasteiger partial charge in [0.1, 0.15) is 0 Å². The number of benzene rings is 1. The molecule has 0 radical (unpaired) electrons. The van der Waals surface area contributed by atoms with Gasteiger partial charge in [-0.2, -0.15) is 4.62 Å². The number of carbonyl (C=O) groups excluding carboxylic acids is 1. The van der Waals surface area contributed by atoms with Gasteiger partial charge in [-0.05, 0) is 11.8 Å². The van der Waals surface area contributed by atoms with Crippen LogP contribution >= 0.6 is 7.60 Å². The van der Waals surface area contributed by atoms with E-state index in [4.69, 9.17) is 9.15 Å². The van der Waals surface area contributed by atoms with Crippen LogP contribution in [0.25, 0.3) is 0 Å². The Morgan fingerprint density at radius 2 is 1.79 bits per heavy atom. The van der Waals surface area contributed by atoms with Crippen molar-refractivity contribution >= 4 is 24.9 Å². The third kappa shape index (κ3) is 5.44. The summed E-state index contributed by atoms with van der Waals surface area (Å²) in [6.07, 6.45) is 2.15. The molecule has 28 heavy (non-hydrogen) atoms. The number of non-ortho nitro benzene ring substituents is 2. The van der Waals surface area contributed by atoms with Crippen molar-refractivity contribution in [3.8, 4) is 0 Å². The Hall–Kier alpha value is -2.62. The lowest BCUT2D eigenvalue weighted by molar-refractivity contribution is -0.394. The van der Waals surface area contributed by atoms with Crippen molar-refractivity contribution in [2.75, 3.05) is 7.11 Å². The Morgan fingerprint density at radius 1 is 1.29 bits per heavy atom. The molecular weight excluding hydrogens is 393 g/mol. The summed E-state index contributed by atoms with van der Waals surface area (Å²) >= 11 is 0. The molecule has 0 heterocycles. The van der Waals surface area contributed by atoms with Crippen LogP contribution in [-0.4, -0.2) is 28.5 Å². The number of nitro benzene ring substituents is 2. The Kier molecular flexibility index (Phi) is 7.57. The van der Waals surface area contributed by atoms with E-state index in [0.717, 1.165) is 25.3 Å². The van der Waals surface area contributed by atoms with Crippen molar-refractivity contribution in [2.45, 2.75) is 32.9 Å². The lowest BCUT2D eigenvalue weighted by Crippen LogP contribution is -2.31. The minimum absolute atomic E-state index is 0.401. The lowest BCUT2D eigenvalue weighted by atomic mass is 9.86. The zero-order chi connectivity index (χ0) is 21.7. The van der Waals surface area contributed by atoms with Crippen molar-refractivity contribution < 1.29 is 28.4 Å². The van der Waals surface area contributed by atoms with E-state index in [1.807, 2.05) is 19.3 Å². The molecule has 0 saturated heterocycles. The molecule has 1 aromatic rings. The van der Waals surface area contributed by atoms with Gasteiger partial charge in [0.15, 0.2) is 0 Å². The number of nitro groups is 2. The van der Waals surface area contributed by atoms with E-state index in [1.54, 1.807) is 13.0 Å². The van der Waals surface area contributed by atoms with Crippen molar-refractivity contribution in [3.05, 3.63) is 56.6 Å². The van der Waals surface area contributed by atoms with Crippen LogP contribution in [0.4, 0.5) is 11.4 Å². The number of nitrogens with one attached hydrogen (secondary N) is 1. The molecule has 11 nitrogen and oxygen atoms in total. The van der Waals surface area contributed by atoms with Gasteiger partial charge in [0.2, 0.25) is 0 Å². The quantitative estimate of drug-likeness (QED) is 0.261. The van der Waals surface area contributed by atoms with Crippen LogP contribution in [0.1, 0.15) is 37.6 Å². The minimum Gasteiger partial charge on any atom is -0.311 e. The zero-order valence-electron chi connectivity index (χ0n) is 15.9. The zero-order valence-corrected chi connectivity index (χ0v) is 16.8. The molecule has 12 heteroatoms. The molecule has 1 amide bonds.